The lowest BCUT2D eigenvalue weighted by atomic mass is 10.1. The highest BCUT2D eigenvalue weighted by molar-refractivity contribution is 7.23. The van der Waals surface area contributed by atoms with E-state index in [-0.39, 0.29) is 37.8 Å². The van der Waals surface area contributed by atoms with E-state index in [0.29, 0.717) is 0 Å². The molecular weight excluding hydrogens is 266 g/mol. The molecule has 0 radical (unpaired) electrons. The zero-order valence-electron chi connectivity index (χ0n) is 9.71. The minimum Gasteiger partial charge on any atom is -0.478 e. The number of aromatic nitrogens is 1. The van der Waals surface area contributed by atoms with Gasteiger partial charge in [0.2, 0.25) is 0 Å². The topological polar surface area (TPSA) is 109 Å². The lowest BCUT2D eigenvalue weighted by Gasteiger charge is -2.06. The summed E-state index contributed by atoms with van der Waals surface area (Å²) < 4.78 is 1.70. The molecule has 1 saturated carbocycles. The molecule has 96 valence electrons. The van der Waals surface area contributed by atoms with E-state index < -0.39 is 5.97 Å². The number of nitrogens with two attached hydrogens (primary N) is 1. The van der Waals surface area contributed by atoms with Crippen LogP contribution in [-0.4, -0.2) is 15.6 Å². The van der Waals surface area contributed by atoms with Crippen LogP contribution >= 0.6 is 11.3 Å². The van der Waals surface area contributed by atoms with Crippen molar-refractivity contribution in [2.75, 3.05) is 5.73 Å². The Kier molecular flexibility index (Phi) is 2.37. The molecule has 0 aromatic carbocycles. The molecule has 6 nitrogen and oxygen atoms in total. The van der Waals surface area contributed by atoms with Crippen LogP contribution in [0.4, 0.5) is 5.00 Å². The summed E-state index contributed by atoms with van der Waals surface area (Å²) in [6, 6.07) is 1.94. The number of nitrogens with zero attached hydrogens (tertiary/aromatic N) is 2. The number of hydrogen-bond donors (Lipinski definition) is 2. The number of carbonyl (C=O) groups is 1. The zero-order valence-corrected chi connectivity index (χ0v) is 10.5. The third-order valence-electron chi connectivity index (χ3n) is 3.18. The molecule has 3 rings (SSSR count). The van der Waals surface area contributed by atoms with Crippen LogP contribution in [0.3, 0.4) is 0 Å². The number of thiophene rings is 1. The summed E-state index contributed by atoms with van der Waals surface area (Å²) in [5.74, 6) is -1.12. The Labute approximate surface area is 111 Å². The highest BCUT2D eigenvalue weighted by Gasteiger charge is 2.29. The van der Waals surface area contributed by atoms with Gasteiger partial charge in [0.25, 0.3) is 5.56 Å². The monoisotopic (exact) mass is 275 g/mol. The number of pyridine rings is 1. The molecule has 1 aliphatic rings. The molecule has 7 heteroatoms. The Morgan fingerprint density at radius 3 is 2.79 bits per heavy atom. The molecule has 1 fully saturated rings. The molecule has 0 bridgehead atoms. The van der Waals surface area contributed by atoms with Gasteiger partial charge in [-0.3, -0.25) is 4.79 Å². The minimum atomic E-state index is -1.12. The van der Waals surface area contributed by atoms with Crippen molar-refractivity contribution in [1.82, 2.24) is 4.57 Å². The number of nitrogen functional groups attached to an aromatic ring is 1. The average Bonchev–Trinajstić information content (AvgIpc) is 3.12. The van der Waals surface area contributed by atoms with Gasteiger partial charge in [-0.15, -0.1) is 11.3 Å². The largest absolute Gasteiger partial charge is 0.478 e. The second kappa shape index (κ2) is 3.83. The Morgan fingerprint density at radius 1 is 1.58 bits per heavy atom. The molecule has 2 aromatic heterocycles. The molecule has 19 heavy (non-hydrogen) atoms. The highest BCUT2D eigenvalue weighted by atomic mass is 32.1. The third kappa shape index (κ3) is 1.61. The van der Waals surface area contributed by atoms with Gasteiger partial charge in [-0.2, -0.15) is 5.26 Å². The molecule has 2 aromatic rings. The van der Waals surface area contributed by atoms with Crippen molar-refractivity contribution in [3.63, 3.8) is 0 Å². The molecule has 0 unspecified atom stereocenters. The summed E-state index contributed by atoms with van der Waals surface area (Å²) in [4.78, 5) is 23.6. The Morgan fingerprint density at radius 2 is 2.26 bits per heavy atom. The van der Waals surface area contributed by atoms with Crippen LogP contribution in [-0.2, 0) is 0 Å². The van der Waals surface area contributed by atoms with E-state index in [1.807, 2.05) is 6.07 Å². The number of nitriles is 1. The average molecular weight is 275 g/mol. The first-order valence-corrected chi connectivity index (χ1v) is 6.46. The number of hydrogen-bond acceptors (Lipinski definition) is 5. The summed E-state index contributed by atoms with van der Waals surface area (Å²) in [5.41, 5.74) is 5.48. The van der Waals surface area contributed by atoms with Gasteiger partial charge in [0.15, 0.2) is 0 Å². The van der Waals surface area contributed by atoms with Gasteiger partial charge in [0.05, 0.1) is 21.2 Å². The van der Waals surface area contributed by atoms with E-state index in [9.17, 15) is 14.7 Å². The zero-order chi connectivity index (χ0) is 13.7. The van der Waals surface area contributed by atoms with Gasteiger partial charge in [0, 0.05) is 12.2 Å². The molecule has 0 amide bonds. The Hall–Kier alpha value is -2.33. The maximum Gasteiger partial charge on any atom is 0.338 e. The number of fused-ring (bicyclic) bond motifs is 1. The summed E-state index contributed by atoms with van der Waals surface area (Å²) in [7, 11) is 0. The number of aromatic carboxylic acids is 1. The van der Waals surface area contributed by atoms with Crippen LogP contribution in [0, 0.1) is 11.3 Å². The number of rotatable bonds is 2. The smallest absolute Gasteiger partial charge is 0.338 e. The van der Waals surface area contributed by atoms with Gasteiger partial charge < -0.3 is 15.4 Å². The van der Waals surface area contributed by atoms with Gasteiger partial charge >= 0.3 is 5.97 Å². The number of carboxylic acid groups (broad SMARTS) is 1. The SMILES string of the molecule is N#Cc1c(N)sc2c(C(=O)O)cn(C3CC3)c(=O)c12. The van der Waals surface area contributed by atoms with E-state index in [0.717, 1.165) is 24.2 Å². The Bertz CT molecular complexity index is 808. The standard InChI is InChI=1S/C12H9N3O3S/c13-3-6-8-9(19-10(6)14)7(12(17)18)4-15(11(8)16)5-1-2-5/h4-5H,1-2,14H2,(H,17,18). The van der Waals surface area contributed by atoms with Crippen molar-refractivity contribution in [2.24, 2.45) is 0 Å². The highest BCUT2D eigenvalue weighted by Crippen LogP contribution is 2.37. The van der Waals surface area contributed by atoms with Crippen molar-refractivity contribution in [3.05, 3.63) is 27.7 Å². The molecular formula is C12H9N3O3S. The lowest BCUT2D eigenvalue weighted by Crippen LogP contribution is -2.21. The van der Waals surface area contributed by atoms with E-state index in [1.54, 1.807) is 0 Å². The molecule has 0 aliphatic heterocycles. The fraction of sp³-hybridized carbons (Fsp3) is 0.250. The summed E-state index contributed by atoms with van der Waals surface area (Å²) in [5, 5.41) is 18.6. The van der Waals surface area contributed by atoms with Gasteiger partial charge in [0.1, 0.15) is 11.1 Å². The number of anilines is 1. The summed E-state index contributed by atoms with van der Waals surface area (Å²) in [6.45, 7) is 0. The predicted molar refractivity (Wildman–Crippen MR) is 70.4 cm³/mol. The van der Waals surface area contributed by atoms with Crippen molar-refractivity contribution >= 4 is 32.4 Å². The maximum atomic E-state index is 12.3. The summed E-state index contributed by atoms with van der Waals surface area (Å²) >= 11 is 0.974. The van der Waals surface area contributed by atoms with Gasteiger partial charge in [-0.25, -0.2) is 4.79 Å². The van der Waals surface area contributed by atoms with Crippen molar-refractivity contribution in [1.29, 1.82) is 5.26 Å². The second-order valence-electron chi connectivity index (χ2n) is 4.45. The van der Waals surface area contributed by atoms with Crippen LogP contribution in [0.25, 0.3) is 10.1 Å². The molecule has 0 saturated heterocycles. The van der Waals surface area contributed by atoms with Crippen molar-refractivity contribution in [3.8, 4) is 6.07 Å². The lowest BCUT2D eigenvalue weighted by molar-refractivity contribution is 0.0698. The number of carboxylic acids is 1. The van der Waals surface area contributed by atoms with E-state index in [1.165, 1.54) is 10.8 Å². The molecule has 2 heterocycles. The van der Waals surface area contributed by atoms with Crippen LogP contribution in [0.1, 0.15) is 34.8 Å². The first-order chi connectivity index (χ1) is 9.04. The van der Waals surface area contributed by atoms with Crippen LogP contribution in [0.15, 0.2) is 11.0 Å². The van der Waals surface area contributed by atoms with E-state index in [4.69, 9.17) is 11.0 Å². The predicted octanol–water partition coefficient (Wildman–Crippen LogP) is 1.55. The van der Waals surface area contributed by atoms with Gasteiger partial charge in [-0.05, 0) is 12.8 Å². The minimum absolute atomic E-state index is 0.0275. The quantitative estimate of drug-likeness (QED) is 0.864. The molecule has 3 N–H and O–H groups in total. The Balaban J connectivity index is 2.50. The maximum absolute atomic E-state index is 12.3. The molecule has 1 aliphatic carbocycles. The first-order valence-electron chi connectivity index (χ1n) is 5.65. The molecule has 0 spiro atoms. The summed E-state index contributed by atoms with van der Waals surface area (Å²) in [6.07, 6.45) is 3.07. The fourth-order valence-corrected chi connectivity index (χ4v) is 3.13. The fourth-order valence-electron chi connectivity index (χ4n) is 2.12. The van der Waals surface area contributed by atoms with Crippen molar-refractivity contribution < 1.29 is 9.90 Å². The van der Waals surface area contributed by atoms with Gasteiger partial charge in [-0.1, -0.05) is 0 Å². The van der Waals surface area contributed by atoms with E-state index in [2.05, 4.69) is 0 Å². The van der Waals surface area contributed by atoms with Crippen LogP contribution < -0.4 is 11.3 Å². The molecule has 0 atom stereocenters. The van der Waals surface area contributed by atoms with Crippen LogP contribution in [0.2, 0.25) is 0 Å². The van der Waals surface area contributed by atoms with Crippen LogP contribution in [0.5, 0.6) is 0 Å². The second-order valence-corrected chi connectivity index (χ2v) is 5.50. The normalized spacial score (nSPS) is 14.5. The van der Waals surface area contributed by atoms with Crippen molar-refractivity contribution in [2.45, 2.75) is 18.9 Å². The third-order valence-corrected chi connectivity index (χ3v) is 4.23. The van der Waals surface area contributed by atoms with E-state index >= 15 is 0 Å². The first kappa shape index (κ1) is 11.7.